The van der Waals surface area contributed by atoms with Gasteiger partial charge in [0.2, 0.25) is 15.9 Å². The zero-order valence-corrected chi connectivity index (χ0v) is 16.3. The molecular weight excluding hydrogens is 398 g/mol. The molecule has 0 aromatic heterocycles. The lowest BCUT2D eigenvalue weighted by Gasteiger charge is -2.29. The average Bonchev–Trinajstić information content (AvgIpc) is 2.71. The summed E-state index contributed by atoms with van der Waals surface area (Å²) >= 11 is 0. The highest BCUT2D eigenvalue weighted by molar-refractivity contribution is 7.89. The maximum absolute atomic E-state index is 12.5. The molecule has 0 unspecified atom stereocenters. The van der Waals surface area contributed by atoms with Crippen molar-refractivity contribution >= 4 is 39.2 Å². The largest absolute Gasteiger partial charge is 0.454 e. The predicted octanol–water partition coefficient (Wildman–Crippen LogP) is 0.882. The summed E-state index contributed by atoms with van der Waals surface area (Å²) in [5.74, 6) is -1.88. The molecule has 152 valence electrons. The van der Waals surface area contributed by atoms with Crippen LogP contribution < -0.4 is 14.9 Å². The van der Waals surface area contributed by atoms with Gasteiger partial charge in [-0.05, 0) is 31.2 Å². The number of fused-ring (bicyclic) bond motifs is 1. The third-order valence-corrected chi connectivity index (χ3v) is 5.71. The molecule has 1 aliphatic rings. The molecule has 0 fully saturated rings. The van der Waals surface area contributed by atoms with Gasteiger partial charge >= 0.3 is 5.97 Å². The number of anilines is 2. The van der Waals surface area contributed by atoms with Crippen molar-refractivity contribution in [3.05, 3.63) is 54.6 Å². The van der Waals surface area contributed by atoms with Gasteiger partial charge in [0.15, 0.2) is 6.61 Å². The highest BCUT2D eigenvalue weighted by Crippen LogP contribution is 2.28. The molecule has 10 heteroatoms. The maximum atomic E-state index is 12.5. The molecule has 0 saturated carbocycles. The molecule has 0 bridgehead atoms. The minimum Gasteiger partial charge on any atom is -0.454 e. The molecule has 2 aromatic carbocycles. The van der Waals surface area contributed by atoms with Crippen LogP contribution in [0.3, 0.4) is 0 Å². The average molecular weight is 417 g/mol. The molecule has 0 aliphatic carbocycles. The van der Waals surface area contributed by atoms with Crippen molar-refractivity contribution in [3.63, 3.8) is 0 Å². The summed E-state index contributed by atoms with van der Waals surface area (Å²) in [6.07, 6.45) is 0. The second-order valence-corrected chi connectivity index (χ2v) is 8.02. The Hall–Kier alpha value is -3.24. The number of para-hydroxylation sites is 2. The number of nitrogens with one attached hydrogen (secondary N) is 2. The number of carbonyl (C=O) groups is 3. The van der Waals surface area contributed by atoms with E-state index in [0.717, 1.165) is 0 Å². The molecule has 3 rings (SSSR count). The number of nitrogens with zero attached hydrogens (tertiary/aromatic N) is 1. The number of hydrogen-bond acceptors (Lipinski definition) is 6. The topological polar surface area (TPSA) is 122 Å². The molecule has 2 N–H and O–H groups in total. The summed E-state index contributed by atoms with van der Waals surface area (Å²) in [6, 6.07) is 13.1. The fourth-order valence-corrected chi connectivity index (χ4v) is 3.95. The molecule has 9 nitrogen and oxygen atoms in total. The first-order valence-electron chi connectivity index (χ1n) is 8.71. The van der Waals surface area contributed by atoms with Crippen LogP contribution in [0, 0.1) is 0 Å². The summed E-state index contributed by atoms with van der Waals surface area (Å²) in [5.41, 5.74) is 0.971. The SMILES string of the molecule is C[C@H](NS(=O)(=O)c1ccccc1)C(=O)OCC(=O)N1CC(=O)Nc2ccccc21. The van der Waals surface area contributed by atoms with Crippen molar-refractivity contribution in [2.24, 2.45) is 0 Å². The van der Waals surface area contributed by atoms with E-state index in [-0.39, 0.29) is 17.3 Å². The van der Waals surface area contributed by atoms with Gasteiger partial charge < -0.3 is 10.1 Å². The number of esters is 1. The summed E-state index contributed by atoms with van der Waals surface area (Å²) in [7, 11) is -3.91. The summed E-state index contributed by atoms with van der Waals surface area (Å²) in [5, 5.41) is 2.65. The van der Waals surface area contributed by atoms with Crippen LogP contribution in [0.1, 0.15) is 6.92 Å². The van der Waals surface area contributed by atoms with E-state index in [2.05, 4.69) is 10.0 Å². The van der Waals surface area contributed by atoms with E-state index in [9.17, 15) is 22.8 Å². The molecule has 0 spiro atoms. The van der Waals surface area contributed by atoms with Gasteiger partial charge in [-0.15, -0.1) is 0 Å². The third-order valence-electron chi connectivity index (χ3n) is 4.15. The Labute approximate surface area is 167 Å². The number of carbonyl (C=O) groups excluding carboxylic acids is 3. The van der Waals surface area contributed by atoms with Crippen molar-refractivity contribution in [2.75, 3.05) is 23.4 Å². The summed E-state index contributed by atoms with van der Waals surface area (Å²) in [4.78, 5) is 37.6. The Kier molecular flexibility index (Phi) is 5.95. The minimum atomic E-state index is -3.91. The van der Waals surface area contributed by atoms with Gasteiger partial charge in [-0.1, -0.05) is 30.3 Å². The van der Waals surface area contributed by atoms with E-state index in [1.807, 2.05) is 0 Å². The Balaban J connectivity index is 1.60. The first-order chi connectivity index (χ1) is 13.8. The number of benzene rings is 2. The van der Waals surface area contributed by atoms with E-state index in [1.54, 1.807) is 42.5 Å². The zero-order valence-electron chi connectivity index (χ0n) is 15.5. The highest BCUT2D eigenvalue weighted by Gasteiger charge is 2.28. The Morgan fingerprint density at radius 1 is 1.14 bits per heavy atom. The van der Waals surface area contributed by atoms with Crippen LogP contribution in [-0.4, -0.2) is 45.4 Å². The summed E-state index contributed by atoms with van der Waals surface area (Å²) < 4.78 is 31.7. The van der Waals surface area contributed by atoms with Crippen molar-refractivity contribution in [1.82, 2.24) is 4.72 Å². The van der Waals surface area contributed by atoms with Gasteiger partial charge in [-0.25, -0.2) is 8.42 Å². The van der Waals surface area contributed by atoms with Gasteiger partial charge in [0, 0.05) is 0 Å². The van der Waals surface area contributed by atoms with E-state index < -0.39 is 34.5 Å². The van der Waals surface area contributed by atoms with Crippen LogP contribution in [0.15, 0.2) is 59.5 Å². The highest BCUT2D eigenvalue weighted by atomic mass is 32.2. The molecule has 1 aliphatic heterocycles. The molecule has 2 amide bonds. The van der Waals surface area contributed by atoms with Gasteiger partial charge in [-0.2, -0.15) is 4.72 Å². The standard InChI is InChI=1S/C19H19N3O6S/c1-13(21-29(26,27)14-7-3-2-4-8-14)19(25)28-12-18(24)22-11-17(23)20-15-9-5-6-10-16(15)22/h2-10,13,21H,11-12H2,1H3,(H,20,23)/t13-/m0/s1. The monoisotopic (exact) mass is 417 g/mol. The second kappa shape index (κ2) is 8.41. The van der Waals surface area contributed by atoms with Crippen molar-refractivity contribution in [3.8, 4) is 0 Å². The van der Waals surface area contributed by atoms with Crippen molar-refractivity contribution in [2.45, 2.75) is 17.9 Å². The lowest BCUT2D eigenvalue weighted by atomic mass is 10.2. The van der Waals surface area contributed by atoms with Crippen LogP contribution in [0.25, 0.3) is 0 Å². The van der Waals surface area contributed by atoms with Crippen molar-refractivity contribution in [1.29, 1.82) is 0 Å². The molecule has 1 heterocycles. The molecule has 0 saturated heterocycles. The van der Waals surface area contributed by atoms with Crippen LogP contribution >= 0.6 is 0 Å². The molecule has 2 aromatic rings. The van der Waals surface area contributed by atoms with Crippen LogP contribution in [0.4, 0.5) is 11.4 Å². The molecule has 0 radical (unpaired) electrons. The van der Waals surface area contributed by atoms with Crippen molar-refractivity contribution < 1.29 is 27.5 Å². The molecular formula is C19H19N3O6S. The normalized spacial score (nSPS) is 14.5. The van der Waals surface area contributed by atoms with Gasteiger partial charge in [0.25, 0.3) is 5.91 Å². The quantitative estimate of drug-likeness (QED) is 0.673. The Morgan fingerprint density at radius 3 is 2.52 bits per heavy atom. The van der Waals surface area contributed by atoms with Gasteiger partial charge in [0.1, 0.15) is 12.6 Å². The minimum absolute atomic E-state index is 0.00617. The Bertz CT molecular complexity index is 1040. The number of sulfonamides is 1. The van der Waals surface area contributed by atoms with Crippen LogP contribution in [-0.2, 0) is 29.1 Å². The zero-order chi connectivity index (χ0) is 21.0. The van der Waals surface area contributed by atoms with Gasteiger partial charge in [0.05, 0.1) is 16.3 Å². The first-order valence-corrected chi connectivity index (χ1v) is 10.2. The fraction of sp³-hybridized carbons (Fsp3) is 0.211. The second-order valence-electron chi connectivity index (χ2n) is 6.31. The van der Waals surface area contributed by atoms with E-state index in [4.69, 9.17) is 4.74 Å². The van der Waals surface area contributed by atoms with E-state index in [0.29, 0.717) is 11.4 Å². The third kappa shape index (κ3) is 4.79. The predicted molar refractivity (Wildman–Crippen MR) is 105 cm³/mol. The smallest absolute Gasteiger partial charge is 0.324 e. The fourth-order valence-electron chi connectivity index (χ4n) is 2.74. The lowest BCUT2D eigenvalue weighted by Crippen LogP contribution is -2.45. The first kappa shape index (κ1) is 20.5. The van der Waals surface area contributed by atoms with Gasteiger partial charge in [-0.3, -0.25) is 19.3 Å². The van der Waals surface area contributed by atoms with E-state index in [1.165, 1.54) is 24.0 Å². The molecule has 1 atom stereocenters. The number of hydrogen-bond donors (Lipinski definition) is 2. The number of ether oxygens (including phenoxy) is 1. The van der Waals surface area contributed by atoms with Crippen LogP contribution in [0.5, 0.6) is 0 Å². The lowest BCUT2D eigenvalue weighted by molar-refractivity contribution is -0.149. The van der Waals surface area contributed by atoms with Crippen LogP contribution in [0.2, 0.25) is 0 Å². The number of amides is 2. The maximum Gasteiger partial charge on any atom is 0.324 e. The molecule has 29 heavy (non-hydrogen) atoms. The number of rotatable bonds is 6. The van der Waals surface area contributed by atoms with E-state index >= 15 is 0 Å². The summed E-state index contributed by atoms with van der Waals surface area (Å²) in [6.45, 7) is 0.485. The Morgan fingerprint density at radius 2 is 1.79 bits per heavy atom.